The smallest absolute Gasteiger partial charge is 0.254 e. The van der Waals surface area contributed by atoms with Crippen LogP contribution in [0, 0.1) is 0 Å². The first-order chi connectivity index (χ1) is 11.4. The fourth-order valence-corrected chi connectivity index (χ4v) is 4.72. The van der Waals surface area contributed by atoms with Crippen LogP contribution < -0.4 is 10.0 Å². The van der Waals surface area contributed by atoms with Crippen LogP contribution in [0.5, 0.6) is 0 Å². The van der Waals surface area contributed by atoms with E-state index in [0.717, 1.165) is 44.2 Å². The number of carbonyl (C=O) groups excluding carboxylic acids is 1. The molecule has 2 N–H and O–H groups in total. The van der Waals surface area contributed by atoms with Crippen molar-refractivity contribution in [2.45, 2.75) is 38.1 Å². The van der Waals surface area contributed by atoms with E-state index in [1.54, 1.807) is 12.1 Å². The predicted octanol–water partition coefficient (Wildman–Crippen LogP) is 1.35. The average Bonchev–Trinajstić information content (AvgIpc) is 2.59. The highest BCUT2D eigenvalue weighted by Crippen LogP contribution is 2.30. The number of benzene rings is 1. The molecule has 3 rings (SSSR count). The molecule has 0 saturated carbocycles. The van der Waals surface area contributed by atoms with Crippen molar-refractivity contribution in [1.29, 1.82) is 0 Å². The van der Waals surface area contributed by atoms with Crippen LogP contribution in [-0.2, 0) is 16.4 Å². The van der Waals surface area contributed by atoms with E-state index in [2.05, 4.69) is 0 Å². The number of hydrogen-bond donors (Lipinski definition) is 1. The number of hydrogen-bond acceptors (Lipinski definition) is 4. The number of aryl methyl sites for hydroxylation is 1. The maximum atomic E-state index is 12.9. The zero-order chi connectivity index (χ0) is 17.3. The van der Waals surface area contributed by atoms with Crippen LogP contribution in [0.15, 0.2) is 18.2 Å². The molecule has 6 nitrogen and oxygen atoms in total. The third kappa shape index (κ3) is 3.28. The van der Waals surface area contributed by atoms with Crippen LogP contribution >= 0.6 is 0 Å². The normalized spacial score (nSPS) is 21.5. The highest BCUT2D eigenvalue weighted by molar-refractivity contribution is 7.92. The number of rotatable bonds is 3. The summed E-state index contributed by atoms with van der Waals surface area (Å²) in [4.78, 5) is 14.7. The number of sulfonamides is 1. The van der Waals surface area contributed by atoms with Gasteiger partial charge in [-0.2, -0.15) is 0 Å². The minimum atomic E-state index is -3.28. The van der Waals surface area contributed by atoms with Gasteiger partial charge >= 0.3 is 0 Å². The fraction of sp³-hybridized carbons (Fsp3) is 0.588. The van der Waals surface area contributed by atoms with Gasteiger partial charge in [-0.15, -0.1) is 0 Å². The molecule has 0 spiro atoms. The number of anilines is 1. The Hall–Kier alpha value is -1.60. The van der Waals surface area contributed by atoms with E-state index in [4.69, 9.17) is 5.73 Å². The molecule has 2 heterocycles. The van der Waals surface area contributed by atoms with Crippen molar-refractivity contribution < 1.29 is 13.2 Å². The minimum absolute atomic E-state index is 0.00410. The molecule has 1 saturated heterocycles. The Morgan fingerprint density at radius 2 is 2.04 bits per heavy atom. The Kier molecular flexibility index (Phi) is 4.83. The Labute approximate surface area is 143 Å². The number of nitrogens with two attached hydrogens (primary N) is 1. The zero-order valence-corrected chi connectivity index (χ0v) is 14.9. The molecule has 0 aliphatic carbocycles. The summed E-state index contributed by atoms with van der Waals surface area (Å²) in [6.07, 6.45) is 5.86. The number of carbonyl (C=O) groups is 1. The van der Waals surface area contributed by atoms with Crippen molar-refractivity contribution in [3.8, 4) is 0 Å². The van der Waals surface area contributed by atoms with E-state index in [1.807, 2.05) is 11.0 Å². The highest BCUT2D eigenvalue weighted by atomic mass is 32.2. The van der Waals surface area contributed by atoms with Crippen LogP contribution in [-0.4, -0.2) is 51.2 Å². The molecule has 1 aromatic carbocycles. The lowest BCUT2D eigenvalue weighted by Crippen LogP contribution is -2.47. The summed E-state index contributed by atoms with van der Waals surface area (Å²) in [6, 6.07) is 5.48. The molecule has 1 atom stereocenters. The average molecular weight is 351 g/mol. The summed E-state index contributed by atoms with van der Waals surface area (Å²) in [5.41, 5.74) is 8.08. The molecular weight excluding hydrogens is 326 g/mol. The molecule has 2 aliphatic rings. The van der Waals surface area contributed by atoms with Crippen LogP contribution in [0.25, 0.3) is 0 Å². The van der Waals surface area contributed by atoms with Gasteiger partial charge < -0.3 is 10.6 Å². The summed E-state index contributed by atoms with van der Waals surface area (Å²) < 4.78 is 25.3. The van der Waals surface area contributed by atoms with E-state index in [-0.39, 0.29) is 11.9 Å². The minimum Gasteiger partial charge on any atom is -0.334 e. The van der Waals surface area contributed by atoms with Gasteiger partial charge in [-0.05, 0) is 55.9 Å². The quantitative estimate of drug-likeness (QED) is 0.891. The lowest BCUT2D eigenvalue weighted by Gasteiger charge is -2.35. The second kappa shape index (κ2) is 6.72. The summed E-state index contributed by atoms with van der Waals surface area (Å²) in [5.74, 6) is 0.00410. The summed E-state index contributed by atoms with van der Waals surface area (Å²) in [6.45, 7) is 1.73. The van der Waals surface area contributed by atoms with Crippen molar-refractivity contribution in [1.82, 2.24) is 4.90 Å². The Morgan fingerprint density at radius 3 is 2.75 bits per heavy atom. The number of fused-ring (bicyclic) bond motifs is 1. The molecule has 1 aromatic rings. The van der Waals surface area contributed by atoms with Crippen molar-refractivity contribution in [2.75, 3.05) is 30.2 Å². The second-order valence-electron chi connectivity index (χ2n) is 6.67. The molecule has 132 valence electrons. The lowest BCUT2D eigenvalue weighted by atomic mass is 9.98. The third-order valence-electron chi connectivity index (χ3n) is 4.96. The maximum Gasteiger partial charge on any atom is 0.254 e. The van der Waals surface area contributed by atoms with Gasteiger partial charge in [0.25, 0.3) is 5.91 Å². The molecule has 1 unspecified atom stereocenters. The molecule has 1 fully saturated rings. The summed E-state index contributed by atoms with van der Waals surface area (Å²) in [5, 5.41) is 0. The Bertz CT molecular complexity index is 733. The van der Waals surface area contributed by atoms with Gasteiger partial charge in [-0.1, -0.05) is 0 Å². The predicted molar refractivity (Wildman–Crippen MR) is 94.7 cm³/mol. The van der Waals surface area contributed by atoms with Crippen molar-refractivity contribution in [3.05, 3.63) is 29.3 Å². The van der Waals surface area contributed by atoms with Gasteiger partial charge in [0.05, 0.1) is 11.9 Å². The van der Waals surface area contributed by atoms with E-state index in [0.29, 0.717) is 24.3 Å². The molecule has 24 heavy (non-hydrogen) atoms. The monoisotopic (exact) mass is 351 g/mol. The molecule has 0 bridgehead atoms. The van der Waals surface area contributed by atoms with Crippen LogP contribution in [0.3, 0.4) is 0 Å². The van der Waals surface area contributed by atoms with Crippen molar-refractivity contribution >= 4 is 21.6 Å². The number of nitrogens with zero attached hydrogens (tertiary/aromatic N) is 2. The van der Waals surface area contributed by atoms with Gasteiger partial charge in [-0.25, -0.2) is 8.42 Å². The molecule has 2 aliphatic heterocycles. The lowest BCUT2D eigenvalue weighted by molar-refractivity contribution is 0.0623. The van der Waals surface area contributed by atoms with E-state index in [1.165, 1.54) is 10.6 Å². The summed E-state index contributed by atoms with van der Waals surface area (Å²) in [7, 11) is -3.28. The van der Waals surface area contributed by atoms with Crippen LogP contribution in [0.2, 0.25) is 0 Å². The zero-order valence-electron chi connectivity index (χ0n) is 14.1. The van der Waals surface area contributed by atoms with Crippen molar-refractivity contribution in [2.24, 2.45) is 5.73 Å². The third-order valence-corrected chi connectivity index (χ3v) is 6.14. The topological polar surface area (TPSA) is 83.7 Å². The Balaban J connectivity index is 1.89. The SMILES string of the molecule is CS(=O)(=O)N1CCCc2cc(C(=O)N3CCCCC3CN)ccc21. The van der Waals surface area contributed by atoms with Gasteiger partial charge in [0.15, 0.2) is 0 Å². The second-order valence-corrected chi connectivity index (χ2v) is 8.57. The largest absolute Gasteiger partial charge is 0.334 e. The van der Waals surface area contributed by atoms with Crippen molar-refractivity contribution in [3.63, 3.8) is 0 Å². The fourth-order valence-electron chi connectivity index (χ4n) is 3.72. The summed E-state index contributed by atoms with van der Waals surface area (Å²) >= 11 is 0. The highest BCUT2D eigenvalue weighted by Gasteiger charge is 2.28. The van der Waals surface area contributed by atoms with Crippen LogP contribution in [0.4, 0.5) is 5.69 Å². The molecular formula is C17H25N3O3S. The van der Waals surface area contributed by atoms with Gasteiger partial charge in [0.1, 0.15) is 0 Å². The molecule has 1 amide bonds. The van der Waals surface area contributed by atoms with E-state index < -0.39 is 10.0 Å². The molecule has 0 radical (unpaired) electrons. The number of likely N-dealkylation sites (tertiary alicyclic amines) is 1. The number of amides is 1. The first-order valence-corrected chi connectivity index (χ1v) is 10.4. The van der Waals surface area contributed by atoms with Gasteiger partial charge in [-0.3, -0.25) is 9.10 Å². The Morgan fingerprint density at radius 1 is 1.25 bits per heavy atom. The molecule has 7 heteroatoms. The first kappa shape index (κ1) is 17.2. The van der Waals surface area contributed by atoms with Gasteiger partial charge in [0.2, 0.25) is 10.0 Å². The standard InChI is InChI=1S/C17H25N3O3S/c1-24(22,23)20-10-4-5-13-11-14(7-8-16(13)20)17(21)19-9-3-2-6-15(19)12-18/h7-8,11,15H,2-6,9-10,12,18H2,1H3. The molecule has 0 aromatic heterocycles. The van der Waals surface area contributed by atoms with Gasteiger partial charge in [0, 0.05) is 31.2 Å². The first-order valence-electron chi connectivity index (χ1n) is 8.53. The number of piperidine rings is 1. The maximum absolute atomic E-state index is 12.9. The van der Waals surface area contributed by atoms with E-state index in [9.17, 15) is 13.2 Å². The van der Waals surface area contributed by atoms with Crippen LogP contribution in [0.1, 0.15) is 41.6 Å². The van der Waals surface area contributed by atoms with E-state index >= 15 is 0 Å².